The van der Waals surface area contributed by atoms with Crippen LogP contribution in [0.4, 0.5) is 5.69 Å². The number of ether oxygens (including phenoxy) is 2. The summed E-state index contributed by atoms with van der Waals surface area (Å²) in [6, 6.07) is 5.24. The molecule has 1 aliphatic rings. The van der Waals surface area contributed by atoms with Crippen LogP contribution in [0.1, 0.15) is 12.5 Å². The molecule has 0 bridgehead atoms. The van der Waals surface area contributed by atoms with Gasteiger partial charge in [0.05, 0.1) is 19.2 Å². The third-order valence-corrected chi connectivity index (χ3v) is 2.55. The van der Waals surface area contributed by atoms with Gasteiger partial charge < -0.3 is 14.8 Å². The molecule has 0 spiro atoms. The Bertz CT molecular complexity index is 470. The first-order valence-corrected chi connectivity index (χ1v) is 5.27. The maximum atomic E-state index is 11.4. The molecule has 17 heavy (non-hydrogen) atoms. The summed E-state index contributed by atoms with van der Waals surface area (Å²) in [5, 5.41) is 2.73. The van der Waals surface area contributed by atoms with Gasteiger partial charge in [0.2, 0.25) is 0 Å². The van der Waals surface area contributed by atoms with E-state index >= 15 is 0 Å². The van der Waals surface area contributed by atoms with Crippen molar-refractivity contribution in [3.63, 3.8) is 0 Å². The zero-order chi connectivity index (χ0) is 12.4. The van der Waals surface area contributed by atoms with Crippen molar-refractivity contribution in [2.75, 3.05) is 12.4 Å². The lowest BCUT2D eigenvalue weighted by molar-refractivity contribution is -0.139. The molecule has 1 aromatic rings. The Morgan fingerprint density at radius 1 is 1.53 bits per heavy atom. The largest absolute Gasteiger partial charge is 0.479 e. The summed E-state index contributed by atoms with van der Waals surface area (Å²) in [6.07, 6.45) is -0.316. The minimum absolute atomic E-state index is 0.176. The van der Waals surface area contributed by atoms with E-state index in [1.165, 1.54) is 7.11 Å². The lowest BCUT2D eigenvalue weighted by Crippen LogP contribution is -2.34. The lowest BCUT2D eigenvalue weighted by atomic mass is 10.1. The van der Waals surface area contributed by atoms with Gasteiger partial charge in [0.25, 0.3) is 5.91 Å². The predicted molar refractivity (Wildman–Crippen MR) is 60.9 cm³/mol. The first kappa shape index (κ1) is 11.4. The first-order valence-electron chi connectivity index (χ1n) is 5.27. The molecule has 2 rings (SSSR count). The van der Waals surface area contributed by atoms with Crippen molar-refractivity contribution in [1.29, 1.82) is 0 Å². The van der Waals surface area contributed by atoms with Crippen molar-refractivity contribution in [3.8, 4) is 5.75 Å². The van der Waals surface area contributed by atoms with Crippen molar-refractivity contribution in [2.45, 2.75) is 19.4 Å². The average molecular weight is 235 g/mol. The topological polar surface area (TPSA) is 64.6 Å². The maximum absolute atomic E-state index is 11.4. The molecule has 0 radical (unpaired) electrons. The quantitative estimate of drug-likeness (QED) is 0.780. The number of methoxy groups -OCH3 is 1. The number of rotatable bonds is 2. The third-order valence-electron chi connectivity index (χ3n) is 2.55. The standard InChI is InChI=1S/C12H13NO4/c1-7-12(15)13-9-5-8(6-11(14)16-2)3-4-10(9)17-7/h3-5,7H,6H2,1-2H3,(H,13,15). The average Bonchev–Trinajstić information content (AvgIpc) is 2.31. The van der Waals surface area contributed by atoms with Gasteiger partial charge in [0.15, 0.2) is 6.10 Å². The zero-order valence-corrected chi connectivity index (χ0v) is 9.65. The van der Waals surface area contributed by atoms with Crippen LogP contribution in [-0.2, 0) is 20.7 Å². The molecule has 0 aliphatic carbocycles. The summed E-state index contributed by atoms with van der Waals surface area (Å²) in [5.74, 6) is 0.111. The highest BCUT2D eigenvalue weighted by Gasteiger charge is 2.23. The number of benzene rings is 1. The smallest absolute Gasteiger partial charge is 0.309 e. The number of carbonyl (C=O) groups is 2. The number of hydrogen-bond donors (Lipinski definition) is 1. The second-order valence-corrected chi connectivity index (χ2v) is 3.83. The minimum atomic E-state index is -0.492. The number of fused-ring (bicyclic) bond motifs is 1. The van der Waals surface area contributed by atoms with Crippen LogP contribution in [-0.4, -0.2) is 25.1 Å². The molecule has 1 N–H and O–H groups in total. The van der Waals surface area contributed by atoms with Crippen LogP contribution in [0.15, 0.2) is 18.2 Å². The normalized spacial score (nSPS) is 17.8. The van der Waals surface area contributed by atoms with Crippen molar-refractivity contribution >= 4 is 17.6 Å². The summed E-state index contributed by atoms with van der Waals surface area (Å²) in [6.45, 7) is 1.68. The second-order valence-electron chi connectivity index (χ2n) is 3.83. The van der Waals surface area contributed by atoms with Crippen LogP contribution in [0, 0.1) is 0 Å². The highest BCUT2D eigenvalue weighted by molar-refractivity contribution is 5.97. The number of amides is 1. The Morgan fingerprint density at radius 3 is 3.00 bits per heavy atom. The fourth-order valence-electron chi connectivity index (χ4n) is 1.60. The Balaban J connectivity index is 2.22. The fraction of sp³-hybridized carbons (Fsp3) is 0.333. The lowest BCUT2D eigenvalue weighted by Gasteiger charge is -2.23. The second kappa shape index (κ2) is 4.45. The minimum Gasteiger partial charge on any atom is -0.479 e. The predicted octanol–water partition coefficient (Wildman–Crippen LogP) is 1.12. The van der Waals surface area contributed by atoms with E-state index in [0.717, 1.165) is 5.56 Å². The molecule has 90 valence electrons. The SMILES string of the molecule is COC(=O)Cc1ccc2c(c1)NC(=O)C(C)O2. The highest BCUT2D eigenvalue weighted by Crippen LogP contribution is 2.30. The van der Waals surface area contributed by atoms with E-state index < -0.39 is 6.10 Å². The zero-order valence-electron chi connectivity index (χ0n) is 9.65. The van der Waals surface area contributed by atoms with Gasteiger partial charge in [0.1, 0.15) is 5.75 Å². The molecule has 0 saturated heterocycles. The van der Waals surface area contributed by atoms with Crippen molar-refractivity contribution in [1.82, 2.24) is 0 Å². The van der Waals surface area contributed by atoms with Gasteiger partial charge >= 0.3 is 5.97 Å². The monoisotopic (exact) mass is 235 g/mol. The van der Waals surface area contributed by atoms with Crippen molar-refractivity contribution in [3.05, 3.63) is 23.8 Å². The van der Waals surface area contributed by atoms with Crippen molar-refractivity contribution < 1.29 is 19.1 Å². The molecule has 1 aliphatic heterocycles. The molecule has 5 heteroatoms. The number of carbonyl (C=O) groups excluding carboxylic acids is 2. The van der Waals surface area contributed by atoms with E-state index in [1.807, 2.05) is 0 Å². The first-order chi connectivity index (χ1) is 8.10. The van der Waals surface area contributed by atoms with Crippen molar-refractivity contribution in [2.24, 2.45) is 0 Å². The van der Waals surface area contributed by atoms with Crippen LogP contribution in [0.25, 0.3) is 0 Å². The van der Waals surface area contributed by atoms with E-state index in [0.29, 0.717) is 11.4 Å². The number of nitrogens with one attached hydrogen (secondary N) is 1. The summed E-state index contributed by atoms with van der Waals surface area (Å²) >= 11 is 0. The van der Waals surface area contributed by atoms with Gasteiger partial charge in [-0.3, -0.25) is 9.59 Å². The molecule has 0 fully saturated rings. The Labute approximate surface area is 98.7 Å². The molecular weight excluding hydrogens is 222 g/mol. The molecule has 0 aromatic heterocycles. The molecule has 1 unspecified atom stereocenters. The van der Waals surface area contributed by atoms with E-state index in [-0.39, 0.29) is 18.3 Å². The molecule has 1 aromatic carbocycles. The van der Waals surface area contributed by atoms with E-state index in [2.05, 4.69) is 10.1 Å². The van der Waals surface area contributed by atoms with Crippen LogP contribution in [0.3, 0.4) is 0 Å². The van der Waals surface area contributed by atoms with E-state index in [4.69, 9.17) is 4.74 Å². The fourth-order valence-corrected chi connectivity index (χ4v) is 1.60. The van der Waals surface area contributed by atoms with Crippen LogP contribution < -0.4 is 10.1 Å². The summed E-state index contributed by atoms with van der Waals surface area (Å²) in [4.78, 5) is 22.5. The highest BCUT2D eigenvalue weighted by atomic mass is 16.5. The molecule has 1 atom stereocenters. The Morgan fingerprint density at radius 2 is 2.29 bits per heavy atom. The van der Waals surface area contributed by atoms with Gasteiger partial charge in [-0.15, -0.1) is 0 Å². The summed E-state index contributed by atoms with van der Waals surface area (Å²) < 4.78 is 9.98. The van der Waals surface area contributed by atoms with Gasteiger partial charge in [-0.2, -0.15) is 0 Å². The van der Waals surface area contributed by atoms with Crippen LogP contribution >= 0.6 is 0 Å². The number of hydrogen-bond acceptors (Lipinski definition) is 4. The third kappa shape index (κ3) is 2.38. The molecule has 1 amide bonds. The van der Waals surface area contributed by atoms with Crippen LogP contribution in [0.5, 0.6) is 5.75 Å². The molecule has 5 nitrogen and oxygen atoms in total. The van der Waals surface area contributed by atoms with Gasteiger partial charge in [-0.25, -0.2) is 0 Å². The van der Waals surface area contributed by atoms with Gasteiger partial charge in [-0.05, 0) is 24.6 Å². The van der Waals surface area contributed by atoms with Gasteiger partial charge in [0, 0.05) is 0 Å². The molecular formula is C12H13NO4. The maximum Gasteiger partial charge on any atom is 0.309 e. The number of anilines is 1. The summed E-state index contributed by atoms with van der Waals surface area (Å²) in [5.41, 5.74) is 1.36. The van der Waals surface area contributed by atoms with Crippen LogP contribution in [0.2, 0.25) is 0 Å². The summed E-state index contributed by atoms with van der Waals surface area (Å²) in [7, 11) is 1.34. The molecule has 0 saturated carbocycles. The van der Waals surface area contributed by atoms with E-state index in [1.54, 1.807) is 25.1 Å². The van der Waals surface area contributed by atoms with E-state index in [9.17, 15) is 9.59 Å². The number of esters is 1. The molecule has 1 heterocycles. The Hall–Kier alpha value is -2.04. The van der Waals surface area contributed by atoms with Gasteiger partial charge in [-0.1, -0.05) is 6.07 Å². The Kier molecular flexibility index (Phi) is 2.99.